The molecule has 1 fully saturated rings. The molecule has 1 saturated heterocycles. The molecule has 1 aromatic carbocycles. The molecular formula is C14H20F2N2O. The minimum absolute atomic E-state index is 0.0481. The molecule has 106 valence electrons. The van der Waals surface area contributed by atoms with E-state index in [0.29, 0.717) is 0 Å². The van der Waals surface area contributed by atoms with Crippen LogP contribution in [0.2, 0.25) is 0 Å². The maximum atomic E-state index is 12.4. The van der Waals surface area contributed by atoms with E-state index >= 15 is 0 Å². The van der Waals surface area contributed by atoms with E-state index in [1.165, 1.54) is 19.3 Å². The minimum Gasteiger partial charge on any atom is -0.434 e. The largest absolute Gasteiger partial charge is 0.434 e. The Hall–Kier alpha value is -1.20. The fourth-order valence-corrected chi connectivity index (χ4v) is 2.41. The third-order valence-electron chi connectivity index (χ3n) is 3.33. The molecular weight excluding hydrogens is 250 g/mol. The van der Waals surface area contributed by atoms with Gasteiger partial charge in [-0.1, -0.05) is 24.6 Å². The Morgan fingerprint density at radius 2 is 1.84 bits per heavy atom. The van der Waals surface area contributed by atoms with Crippen molar-refractivity contribution in [1.82, 2.24) is 10.4 Å². The van der Waals surface area contributed by atoms with Gasteiger partial charge < -0.3 is 4.74 Å². The molecule has 0 bridgehead atoms. The van der Waals surface area contributed by atoms with Crippen LogP contribution < -0.4 is 10.2 Å². The fourth-order valence-electron chi connectivity index (χ4n) is 2.41. The Morgan fingerprint density at radius 3 is 2.53 bits per heavy atom. The smallest absolute Gasteiger partial charge is 0.387 e. The predicted molar refractivity (Wildman–Crippen MR) is 70.0 cm³/mol. The van der Waals surface area contributed by atoms with Gasteiger partial charge in [0.1, 0.15) is 5.75 Å². The van der Waals surface area contributed by atoms with Crippen LogP contribution in [0.4, 0.5) is 8.78 Å². The summed E-state index contributed by atoms with van der Waals surface area (Å²) in [6.45, 7) is 1.18. The van der Waals surface area contributed by atoms with Gasteiger partial charge in [-0.3, -0.25) is 0 Å². The highest BCUT2D eigenvalue weighted by Crippen LogP contribution is 2.26. The molecule has 1 aliphatic heterocycles. The SMILES string of the molecule is CC(NN1CCCCC1)c1ccccc1OC(F)F. The number of hydrogen-bond donors (Lipinski definition) is 1. The zero-order valence-corrected chi connectivity index (χ0v) is 11.1. The Bertz CT molecular complexity index is 395. The summed E-state index contributed by atoms with van der Waals surface area (Å²) in [6, 6.07) is 6.89. The van der Waals surface area contributed by atoms with Crippen molar-refractivity contribution >= 4 is 0 Å². The van der Waals surface area contributed by atoms with E-state index < -0.39 is 6.61 Å². The Morgan fingerprint density at radius 1 is 1.16 bits per heavy atom. The van der Waals surface area contributed by atoms with Crippen LogP contribution in [0.25, 0.3) is 0 Å². The van der Waals surface area contributed by atoms with Crippen LogP contribution in [-0.4, -0.2) is 24.7 Å². The van der Waals surface area contributed by atoms with Gasteiger partial charge in [-0.15, -0.1) is 0 Å². The first-order valence-corrected chi connectivity index (χ1v) is 6.71. The lowest BCUT2D eigenvalue weighted by molar-refractivity contribution is -0.0509. The first kappa shape index (κ1) is 14.2. The zero-order chi connectivity index (χ0) is 13.7. The number of alkyl halides is 2. The summed E-state index contributed by atoms with van der Waals surface area (Å²) in [5.74, 6) is 0.245. The molecule has 1 aliphatic rings. The maximum Gasteiger partial charge on any atom is 0.387 e. The summed E-state index contributed by atoms with van der Waals surface area (Å²) < 4.78 is 29.3. The van der Waals surface area contributed by atoms with E-state index in [-0.39, 0.29) is 11.8 Å². The summed E-state index contributed by atoms with van der Waals surface area (Å²) in [5, 5.41) is 2.16. The number of para-hydroxylation sites is 1. The Balaban J connectivity index is 2.02. The van der Waals surface area contributed by atoms with Crippen LogP contribution in [0, 0.1) is 0 Å². The van der Waals surface area contributed by atoms with Gasteiger partial charge in [-0.2, -0.15) is 8.78 Å². The second-order valence-corrected chi connectivity index (χ2v) is 4.81. The van der Waals surface area contributed by atoms with Crippen LogP contribution in [0.5, 0.6) is 5.75 Å². The minimum atomic E-state index is -2.79. The highest BCUT2D eigenvalue weighted by Gasteiger charge is 2.17. The van der Waals surface area contributed by atoms with Crippen molar-refractivity contribution in [2.24, 2.45) is 0 Å². The van der Waals surface area contributed by atoms with Crippen LogP contribution in [-0.2, 0) is 0 Å². The average molecular weight is 270 g/mol. The standard InChI is InChI=1S/C14H20F2N2O/c1-11(17-18-9-5-2-6-10-18)12-7-3-4-8-13(12)19-14(15)16/h3-4,7-8,11,14,17H,2,5-6,9-10H2,1H3. The molecule has 1 atom stereocenters. The maximum absolute atomic E-state index is 12.4. The van der Waals surface area contributed by atoms with Gasteiger partial charge >= 0.3 is 6.61 Å². The third-order valence-corrected chi connectivity index (χ3v) is 3.33. The van der Waals surface area contributed by atoms with Crippen molar-refractivity contribution in [3.63, 3.8) is 0 Å². The van der Waals surface area contributed by atoms with Crippen LogP contribution in [0.15, 0.2) is 24.3 Å². The number of benzene rings is 1. The zero-order valence-electron chi connectivity index (χ0n) is 11.1. The summed E-state index contributed by atoms with van der Waals surface area (Å²) in [7, 11) is 0. The number of hydrogen-bond acceptors (Lipinski definition) is 3. The highest BCUT2D eigenvalue weighted by atomic mass is 19.3. The van der Waals surface area contributed by atoms with Crippen molar-refractivity contribution in [3.8, 4) is 5.75 Å². The van der Waals surface area contributed by atoms with Gasteiger partial charge in [0.25, 0.3) is 0 Å². The number of halogens is 2. The highest BCUT2D eigenvalue weighted by molar-refractivity contribution is 5.35. The van der Waals surface area contributed by atoms with Crippen molar-refractivity contribution < 1.29 is 13.5 Å². The van der Waals surface area contributed by atoms with Gasteiger partial charge in [0.15, 0.2) is 0 Å². The van der Waals surface area contributed by atoms with Crippen molar-refractivity contribution in [2.45, 2.75) is 38.8 Å². The molecule has 0 saturated carbocycles. The summed E-state index contributed by atoms with van der Waals surface area (Å²) in [4.78, 5) is 0. The van der Waals surface area contributed by atoms with E-state index in [1.54, 1.807) is 12.1 Å². The van der Waals surface area contributed by atoms with Gasteiger partial charge in [0, 0.05) is 24.7 Å². The topological polar surface area (TPSA) is 24.5 Å². The van der Waals surface area contributed by atoms with Crippen molar-refractivity contribution in [2.75, 3.05) is 13.1 Å². The van der Waals surface area contributed by atoms with E-state index in [2.05, 4.69) is 15.2 Å². The molecule has 0 amide bonds. The Kier molecular flexibility index (Phi) is 5.10. The molecule has 0 aromatic heterocycles. The number of ether oxygens (including phenoxy) is 1. The molecule has 2 rings (SSSR count). The monoisotopic (exact) mass is 270 g/mol. The lowest BCUT2D eigenvalue weighted by atomic mass is 10.1. The van der Waals surface area contributed by atoms with Crippen LogP contribution in [0.3, 0.4) is 0 Å². The third kappa shape index (κ3) is 4.14. The number of hydrazine groups is 1. The van der Waals surface area contributed by atoms with Crippen molar-refractivity contribution in [3.05, 3.63) is 29.8 Å². The van der Waals surface area contributed by atoms with Gasteiger partial charge in [-0.05, 0) is 25.8 Å². The molecule has 19 heavy (non-hydrogen) atoms. The lowest BCUT2D eigenvalue weighted by Crippen LogP contribution is -2.42. The van der Waals surface area contributed by atoms with E-state index in [9.17, 15) is 8.78 Å². The van der Waals surface area contributed by atoms with Crippen molar-refractivity contribution in [1.29, 1.82) is 0 Å². The second kappa shape index (κ2) is 6.82. The number of rotatable bonds is 5. The van der Waals surface area contributed by atoms with E-state index in [0.717, 1.165) is 18.7 Å². The summed E-state index contributed by atoms with van der Waals surface area (Å²) in [6.07, 6.45) is 3.61. The number of piperidine rings is 1. The first-order chi connectivity index (χ1) is 9.16. The van der Waals surface area contributed by atoms with E-state index in [4.69, 9.17) is 0 Å². The Labute approximate surface area is 112 Å². The molecule has 0 radical (unpaired) electrons. The molecule has 0 aliphatic carbocycles. The normalized spacial score (nSPS) is 18.5. The van der Waals surface area contributed by atoms with Gasteiger partial charge in [0.2, 0.25) is 0 Å². The number of nitrogens with one attached hydrogen (secondary N) is 1. The molecule has 1 aromatic rings. The molecule has 0 spiro atoms. The fraction of sp³-hybridized carbons (Fsp3) is 0.571. The van der Waals surface area contributed by atoms with Gasteiger partial charge in [-0.25, -0.2) is 10.4 Å². The average Bonchev–Trinajstić information content (AvgIpc) is 2.39. The molecule has 1 unspecified atom stereocenters. The summed E-state index contributed by atoms with van der Waals surface area (Å²) >= 11 is 0. The molecule has 1 N–H and O–H groups in total. The lowest BCUT2D eigenvalue weighted by Gasteiger charge is -2.31. The van der Waals surface area contributed by atoms with Crippen LogP contribution >= 0.6 is 0 Å². The van der Waals surface area contributed by atoms with Gasteiger partial charge in [0.05, 0.1) is 0 Å². The molecule has 1 heterocycles. The van der Waals surface area contributed by atoms with E-state index in [1.807, 2.05) is 19.1 Å². The first-order valence-electron chi connectivity index (χ1n) is 6.71. The summed E-state index contributed by atoms with van der Waals surface area (Å²) in [5.41, 5.74) is 4.11. The molecule has 3 nitrogen and oxygen atoms in total. The quantitative estimate of drug-likeness (QED) is 0.888. The van der Waals surface area contributed by atoms with Crippen LogP contribution in [0.1, 0.15) is 37.8 Å². The predicted octanol–water partition coefficient (Wildman–Crippen LogP) is 3.34. The molecule has 5 heteroatoms. The number of nitrogens with zero attached hydrogens (tertiary/aromatic N) is 1. The second-order valence-electron chi connectivity index (χ2n) is 4.81.